The largest absolute Gasteiger partial charge is 0.463 e. The van der Waals surface area contributed by atoms with Crippen molar-refractivity contribution in [3.63, 3.8) is 0 Å². The molecule has 0 saturated heterocycles. The lowest BCUT2D eigenvalue weighted by atomic mass is 10.2. The van der Waals surface area contributed by atoms with Gasteiger partial charge in [-0.3, -0.25) is 0 Å². The van der Waals surface area contributed by atoms with E-state index in [1.54, 1.807) is 39.8 Å². The average molecular weight is 385 g/mol. The molecule has 0 unspecified atom stereocenters. The topological polar surface area (TPSA) is 52.6 Å². The molecular weight excluding hydrogens is 352 g/mol. The molecular formula is C24H32O4. The molecule has 0 heterocycles. The van der Waals surface area contributed by atoms with Crippen LogP contribution in [0.15, 0.2) is 83.1 Å². The molecule has 4 heteroatoms. The van der Waals surface area contributed by atoms with E-state index in [0.29, 0.717) is 24.4 Å². The number of rotatable bonds is 10. The van der Waals surface area contributed by atoms with Crippen molar-refractivity contribution in [2.75, 3.05) is 13.2 Å². The monoisotopic (exact) mass is 384 g/mol. The smallest absolute Gasteiger partial charge is 0.333 e. The van der Waals surface area contributed by atoms with Crippen LogP contribution in [-0.4, -0.2) is 25.2 Å². The van der Waals surface area contributed by atoms with Gasteiger partial charge in [-0.15, -0.1) is 0 Å². The van der Waals surface area contributed by atoms with Gasteiger partial charge in [-0.1, -0.05) is 71.9 Å². The van der Waals surface area contributed by atoms with Crippen LogP contribution in [0.25, 0.3) is 0 Å². The number of hydrogen-bond donors (Lipinski definition) is 0. The van der Waals surface area contributed by atoms with E-state index >= 15 is 0 Å². The Bertz CT molecular complexity index is 664. The summed E-state index contributed by atoms with van der Waals surface area (Å²) in [6, 6.07) is 0. The van der Waals surface area contributed by atoms with E-state index in [-0.39, 0.29) is 11.9 Å². The molecule has 0 aromatic heterocycles. The maximum atomic E-state index is 11.5. The van der Waals surface area contributed by atoms with Crippen LogP contribution in [0.5, 0.6) is 0 Å². The van der Waals surface area contributed by atoms with E-state index in [9.17, 15) is 9.59 Å². The molecule has 0 aliphatic rings. The number of carbonyl (C=O) groups excluding carboxylic acids is 2. The highest BCUT2D eigenvalue weighted by Crippen LogP contribution is 2.02. The molecule has 0 aromatic rings. The van der Waals surface area contributed by atoms with Crippen molar-refractivity contribution in [1.29, 1.82) is 0 Å². The minimum Gasteiger partial charge on any atom is -0.463 e. The number of hydrogen-bond acceptors (Lipinski definition) is 4. The zero-order valence-corrected chi connectivity index (χ0v) is 17.8. The van der Waals surface area contributed by atoms with Gasteiger partial charge in [0.05, 0.1) is 13.2 Å². The molecule has 0 rings (SSSR count). The summed E-state index contributed by atoms with van der Waals surface area (Å²) in [6.07, 6.45) is 18.8. The third-order valence-electron chi connectivity index (χ3n) is 3.43. The van der Waals surface area contributed by atoms with Gasteiger partial charge in [0.15, 0.2) is 0 Å². The van der Waals surface area contributed by atoms with Gasteiger partial charge in [0.1, 0.15) is 0 Å². The third kappa shape index (κ3) is 12.5. The summed E-state index contributed by atoms with van der Waals surface area (Å²) in [6.45, 7) is 11.7. The second-order valence-corrected chi connectivity index (χ2v) is 6.06. The maximum absolute atomic E-state index is 11.5. The Morgan fingerprint density at radius 3 is 1.29 bits per heavy atom. The number of allylic oxidation sites excluding steroid dienone is 12. The summed E-state index contributed by atoms with van der Waals surface area (Å²) in [5.41, 5.74) is 3.25. The van der Waals surface area contributed by atoms with Gasteiger partial charge in [0.25, 0.3) is 0 Å². The first-order valence-corrected chi connectivity index (χ1v) is 9.37. The molecule has 28 heavy (non-hydrogen) atoms. The van der Waals surface area contributed by atoms with Crippen LogP contribution in [0.2, 0.25) is 0 Å². The van der Waals surface area contributed by atoms with Gasteiger partial charge in [-0.2, -0.15) is 0 Å². The highest BCUT2D eigenvalue weighted by molar-refractivity contribution is 5.88. The Balaban J connectivity index is 4.67. The van der Waals surface area contributed by atoms with Crippen molar-refractivity contribution in [2.24, 2.45) is 0 Å². The van der Waals surface area contributed by atoms with Crippen LogP contribution in [0.1, 0.15) is 41.5 Å². The van der Waals surface area contributed by atoms with Gasteiger partial charge >= 0.3 is 11.9 Å². The summed E-state index contributed by atoms with van der Waals surface area (Å²) in [7, 11) is 0. The Kier molecular flexibility index (Phi) is 13.6. The fourth-order valence-corrected chi connectivity index (χ4v) is 1.84. The number of ether oxygens (including phenoxy) is 2. The number of esters is 2. The fraction of sp³-hybridized carbons (Fsp3) is 0.333. The highest BCUT2D eigenvalue weighted by Gasteiger charge is 2.02. The van der Waals surface area contributed by atoms with E-state index in [4.69, 9.17) is 9.47 Å². The fourth-order valence-electron chi connectivity index (χ4n) is 1.84. The van der Waals surface area contributed by atoms with Crippen molar-refractivity contribution in [3.05, 3.63) is 83.1 Å². The normalized spacial score (nSPS) is 14.4. The predicted molar refractivity (Wildman–Crippen MR) is 116 cm³/mol. The van der Waals surface area contributed by atoms with Crippen molar-refractivity contribution in [2.45, 2.75) is 41.5 Å². The third-order valence-corrected chi connectivity index (χ3v) is 3.43. The van der Waals surface area contributed by atoms with E-state index < -0.39 is 0 Å². The first kappa shape index (κ1) is 25.1. The minimum absolute atomic E-state index is 0.297. The molecule has 0 aliphatic carbocycles. The van der Waals surface area contributed by atoms with E-state index in [1.807, 2.05) is 62.5 Å². The summed E-state index contributed by atoms with van der Waals surface area (Å²) < 4.78 is 9.84. The van der Waals surface area contributed by atoms with Gasteiger partial charge in [-0.05, 0) is 41.5 Å². The van der Waals surface area contributed by atoms with Crippen molar-refractivity contribution < 1.29 is 19.1 Å². The second-order valence-electron chi connectivity index (χ2n) is 6.06. The molecule has 0 bridgehead atoms. The second kappa shape index (κ2) is 15.2. The molecule has 0 aromatic carbocycles. The molecule has 0 amide bonds. The lowest BCUT2D eigenvalue weighted by Gasteiger charge is -1.99. The zero-order chi connectivity index (χ0) is 21.4. The molecule has 0 radical (unpaired) electrons. The Morgan fingerprint density at radius 2 is 0.964 bits per heavy atom. The standard InChI is InChI=1S/C24H32O4/c1-7-27-23(25)21(5)17-11-15-19(3)13-9-10-14-20(4)16-12-18-22(6)24(26)28-8-2/h9-18H,7-8H2,1-6H3/b10-9+,15-11+,16-12+,19-13+,20-14+,21-17-,22-18+. The molecule has 0 spiro atoms. The van der Waals surface area contributed by atoms with Crippen molar-refractivity contribution in [3.8, 4) is 0 Å². The summed E-state index contributed by atoms with van der Waals surface area (Å²) >= 11 is 0. The Hall–Kier alpha value is -2.88. The molecule has 0 N–H and O–H groups in total. The lowest BCUT2D eigenvalue weighted by molar-refractivity contribution is -0.139. The summed E-state index contributed by atoms with van der Waals surface area (Å²) in [4.78, 5) is 23.0. The predicted octanol–water partition coefficient (Wildman–Crippen LogP) is 5.57. The Morgan fingerprint density at radius 1 is 0.607 bits per heavy atom. The quantitative estimate of drug-likeness (QED) is 0.281. The van der Waals surface area contributed by atoms with Gasteiger partial charge < -0.3 is 9.47 Å². The van der Waals surface area contributed by atoms with E-state index in [0.717, 1.165) is 11.1 Å². The summed E-state index contributed by atoms with van der Waals surface area (Å²) in [5, 5.41) is 0. The SMILES string of the molecule is CCOC(=O)\C(C)=C/C=C/C(C)=C/C=C/C=C(C)/C=C/C=C(\C)C(=O)OCC. The van der Waals surface area contributed by atoms with Crippen molar-refractivity contribution >= 4 is 11.9 Å². The van der Waals surface area contributed by atoms with Crippen LogP contribution in [0.3, 0.4) is 0 Å². The molecule has 0 fully saturated rings. The average Bonchev–Trinajstić information content (AvgIpc) is 2.65. The van der Waals surface area contributed by atoms with Crippen LogP contribution < -0.4 is 0 Å². The van der Waals surface area contributed by atoms with Crippen LogP contribution in [0, 0.1) is 0 Å². The molecule has 4 nitrogen and oxygen atoms in total. The summed E-state index contributed by atoms with van der Waals surface area (Å²) in [5.74, 6) is -0.593. The minimum atomic E-state index is -0.297. The first-order chi connectivity index (χ1) is 13.3. The zero-order valence-electron chi connectivity index (χ0n) is 17.8. The number of carbonyl (C=O) groups is 2. The van der Waals surface area contributed by atoms with Gasteiger partial charge in [0.2, 0.25) is 0 Å². The van der Waals surface area contributed by atoms with Crippen molar-refractivity contribution in [1.82, 2.24) is 0 Å². The van der Waals surface area contributed by atoms with Gasteiger partial charge in [0, 0.05) is 11.1 Å². The van der Waals surface area contributed by atoms with E-state index in [2.05, 4.69) is 0 Å². The van der Waals surface area contributed by atoms with Crippen LogP contribution >= 0.6 is 0 Å². The first-order valence-electron chi connectivity index (χ1n) is 9.37. The van der Waals surface area contributed by atoms with E-state index in [1.165, 1.54) is 0 Å². The lowest BCUT2D eigenvalue weighted by Crippen LogP contribution is -2.04. The van der Waals surface area contributed by atoms with Gasteiger partial charge in [-0.25, -0.2) is 9.59 Å². The molecule has 0 aliphatic heterocycles. The van der Waals surface area contributed by atoms with Crippen LogP contribution in [-0.2, 0) is 19.1 Å². The molecule has 0 saturated carbocycles. The maximum Gasteiger partial charge on any atom is 0.333 e. The molecule has 0 atom stereocenters. The molecule has 152 valence electrons. The highest BCUT2D eigenvalue weighted by atomic mass is 16.5. The van der Waals surface area contributed by atoms with Crippen LogP contribution in [0.4, 0.5) is 0 Å². The Labute approximate surface area is 169 Å².